The third-order valence-electron chi connectivity index (χ3n) is 6.09. The Morgan fingerprint density at radius 1 is 0.892 bits per heavy atom. The van der Waals surface area contributed by atoms with Crippen molar-refractivity contribution >= 4 is 34.6 Å². The van der Waals surface area contributed by atoms with E-state index in [4.69, 9.17) is 5.73 Å². The van der Waals surface area contributed by atoms with Gasteiger partial charge in [0.05, 0.1) is 12.6 Å². The monoisotopic (exact) mass is 507 g/mol. The first kappa shape index (κ1) is 27.4. The fourth-order valence-corrected chi connectivity index (χ4v) is 3.89. The summed E-state index contributed by atoms with van der Waals surface area (Å²) < 4.78 is 0. The fraction of sp³-hybridized carbons (Fsp3) is 0.333. The molecule has 0 spiro atoms. The van der Waals surface area contributed by atoms with Crippen molar-refractivity contribution in [1.29, 1.82) is 0 Å². The number of carboxylic acid groups (broad SMARTS) is 1. The second kappa shape index (κ2) is 12.7. The van der Waals surface area contributed by atoms with Gasteiger partial charge < -0.3 is 31.8 Å². The van der Waals surface area contributed by atoms with Crippen molar-refractivity contribution in [2.45, 2.75) is 44.8 Å². The third kappa shape index (κ3) is 7.65. The van der Waals surface area contributed by atoms with E-state index in [0.717, 1.165) is 22.0 Å². The Kier molecular flexibility index (Phi) is 9.39. The van der Waals surface area contributed by atoms with Crippen LogP contribution in [-0.4, -0.2) is 58.5 Å². The summed E-state index contributed by atoms with van der Waals surface area (Å²) in [6.07, 6.45) is 1.98. The average Bonchev–Trinajstić information content (AvgIpc) is 3.29. The van der Waals surface area contributed by atoms with Crippen molar-refractivity contribution in [2.75, 3.05) is 6.54 Å². The van der Waals surface area contributed by atoms with Crippen LogP contribution in [0.4, 0.5) is 0 Å². The lowest BCUT2D eigenvalue weighted by Gasteiger charge is -2.22. The molecule has 3 aromatic rings. The lowest BCUT2D eigenvalue weighted by atomic mass is 10.0. The molecule has 7 N–H and O–H groups in total. The van der Waals surface area contributed by atoms with Gasteiger partial charge in [0, 0.05) is 29.9 Å². The number of nitrogens with one attached hydrogen (secondary N) is 4. The lowest BCUT2D eigenvalue weighted by Crippen LogP contribution is -2.55. The van der Waals surface area contributed by atoms with E-state index in [1.807, 2.05) is 54.6 Å². The van der Waals surface area contributed by atoms with Gasteiger partial charge in [0.25, 0.3) is 0 Å². The minimum absolute atomic E-state index is 0.0683. The van der Waals surface area contributed by atoms with Crippen LogP contribution >= 0.6 is 0 Å². The molecule has 0 saturated carbocycles. The van der Waals surface area contributed by atoms with Crippen LogP contribution in [-0.2, 0) is 32.0 Å². The second-order valence-electron chi connectivity index (χ2n) is 9.26. The Labute approximate surface area is 215 Å². The number of benzene rings is 2. The molecule has 3 unspecified atom stereocenters. The smallest absolute Gasteiger partial charge is 0.326 e. The number of fused-ring (bicyclic) bond motifs is 1. The maximum Gasteiger partial charge on any atom is 0.326 e. The van der Waals surface area contributed by atoms with Gasteiger partial charge in [-0.3, -0.25) is 14.4 Å². The van der Waals surface area contributed by atoms with E-state index in [1.54, 1.807) is 20.0 Å². The van der Waals surface area contributed by atoms with Crippen LogP contribution in [0.5, 0.6) is 0 Å². The molecule has 0 radical (unpaired) electrons. The number of hydrogen-bond acceptors (Lipinski definition) is 5. The summed E-state index contributed by atoms with van der Waals surface area (Å²) in [4.78, 5) is 52.9. The Balaban J connectivity index is 1.62. The van der Waals surface area contributed by atoms with Gasteiger partial charge in [0.1, 0.15) is 12.1 Å². The number of rotatable bonds is 12. The summed E-state index contributed by atoms with van der Waals surface area (Å²) in [5.41, 5.74) is 8.36. The lowest BCUT2D eigenvalue weighted by molar-refractivity contribution is -0.141. The SMILES string of the molecule is CC(C)C(N)C(=O)NC(Cc1ccccc1)C(=O)NCC(=O)NC(Cc1c[nH]c2ccccc12)C(=O)O. The molecule has 0 aliphatic rings. The molecule has 0 saturated heterocycles. The molecule has 196 valence electrons. The molecule has 1 aromatic heterocycles. The first-order chi connectivity index (χ1) is 17.7. The zero-order chi connectivity index (χ0) is 26.9. The highest BCUT2D eigenvalue weighted by Crippen LogP contribution is 2.19. The quantitative estimate of drug-likeness (QED) is 0.215. The number of carbonyl (C=O) groups is 4. The number of aliphatic carboxylic acids is 1. The summed E-state index contributed by atoms with van der Waals surface area (Å²) in [6.45, 7) is 3.15. The van der Waals surface area contributed by atoms with Crippen molar-refractivity contribution in [3.8, 4) is 0 Å². The van der Waals surface area contributed by atoms with Gasteiger partial charge in [-0.25, -0.2) is 4.79 Å². The van der Waals surface area contributed by atoms with Gasteiger partial charge in [-0.05, 0) is 23.1 Å². The highest BCUT2D eigenvalue weighted by Gasteiger charge is 2.27. The fourth-order valence-electron chi connectivity index (χ4n) is 3.89. The van der Waals surface area contributed by atoms with Gasteiger partial charge in [-0.2, -0.15) is 0 Å². The third-order valence-corrected chi connectivity index (χ3v) is 6.09. The van der Waals surface area contributed by atoms with Gasteiger partial charge in [0.2, 0.25) is 17.7 Å². The molecular formula is C27H33N5O5. The van der Waals surface area contributed by atoms with Crippen LogP contribution in [0.3, 0.4) is 0 Å². The number of carbonyl (C=O) groups excluding carboxylic acids is 3. The van der Waals surface area contributed by atoms with E-state index in [9.17, 15) is 24.3 Å². The highest BCUT2D eigenvalue weighted by molar-refractivity contribution is 5.93. The molecule has 3 atom stereocenters. The van der Waals surface area contributed by atoms with Crippen LogP contribution in [0.15, 0.2) is 60.8 Å². The molecule has 2 aromatic carbocycles. The van der Waals surface area contributed by atoms with Crippen molar-refractivity contribution in [1.82, 2.24) is 20.9 Å². The van der Waals surface area contributed by atoms with E-state index in [1.165, 1.54) is 0 Å². The predicted octanol–water partition coefficient (Wildman–Crippen LogP) is 1.11. The van der Waals surface area contributed by atoms with Crippen molar-refractivity contribution in [2.24, 2.45) is 11.7 Å². The summed E-state index contributed by atoms with van der Waals surface area (Å²) in [5, 5.41) is 18.2. The van der Waals surface area contributed by atoms with Crippen LogP contribution in [0, 0.1) is 5.92 Å². The van der Waals surface area contributed by atoms with Crippen LogP contribution in [0.2, 0.25) is 0 Å². The number of H-pyrrole nitrogens is 1. The van der Waals surface area contributed by atoms with E-state index in [-0.39, 0.29) is 18.8 Å². The molecule has 1 heterocycles. The van der Waals surface area contributed by atoms with Crippen molar-refractivity contribution in [3.05, 3.63) is 71.9 Å². The molecule has 10 nitrogen and oxygen atoms in total. The van der Waals surface area contributed by atoms with E-state index in [0.29, 0.717) is 0 Å². The molecule has 3 amide bonds. The largest absolute Gasteiger partial charge is 0.480 e. The van der Waals surface area contributed by atoms with Gasteiger partial charge in [-0.15, -0.1) is 0 Å². The van der Waals surface area contributed by atoms with Gasteiger partial charge in [0.15, 0.2) is 0 Å². The molecule has 3 rings (SSSR count). The minimum Gasteiger partial charge on any atom is -0.480 e. The van der Waals surface area contributed by atoms with Crippen molar-refractivity contribution < 1.29 is 24.3 Å². The first-order valence-corrected chi connectivity index (χ1v) is 12.1. The van der Waals surface area contributed by atoms with Gasteiger partial charge in [-0.1, -0.05) is 62.4 Å². The molecule has 0 aliphatic heterocycles. The molecular weight excluding hydrogens is 474 g/mol. The zero-order valence-electron chi connectivity index (χ0n) is 20.9. The van der Waals surface area contributed by atoms with Crippen LogP contribution < -0.4 is 21.7 Å². The second-order valence-corrected chi connectivity index (χ2v) is 9.26. The molecule has 10 heteroatoms. The van der Waals surface area contributed by atoms with E-state index in [2.05, 4.69) is 20.9 Å². The first-order valence-electron chi connectivity index (χ1n) is 12.1. The van der Waals surface area contributed by atoms with Crippen LogP contribution in [0.1, 0.15) is 25.0 Å². The molecule has 0 fully saturated rings. The Morgan fingerprint density at radius 2 is 1.57 bits per heavy atom. The standard InChI is InChI=1S/C27H33N5O5/c1-16(2)24(28)26(35)32-21(12-17-8-4-3-5-9-17)25(34)30-15-23(33)31-22(27(36)37)13-18-14-29-20-11-7-6-10-19(18)20/h3-11,14,16,21-22,24,29H,12-13,15,28H2,1-2H3,(H,30,34)(H,31,33)(H,32,35)(H,36,37). The number of hydrogen-bond donors (Lipinski definition) is 6. The van der Waals surface area contributed by atoms with E-state index < -0.39 is 48.4 Å². The Hall–Kier alpha value is -4.18. The Bertz CT molecular complexity index is 1240. The van der Waals surface area contributed by atoms with E-state index >= 15 is 0 Å². The zero-order valence-corrected chi connectivity index (χ0v) is 20.9. The van der Waals surface area contributed by atoms with Crippen LogP contribution in [0.25, 0.3) is 10.9 Å². The maximum absolute atomic E-state index is 12.9. The normalized spacial score (nSPS) is 13.5. The maximum atomic E-state index is 12.9. The number of para-hydroxylation sites is 1. The number of carboxylic acids is 1. The van der Waals surface area contributed by atoms with Crippen molar-refractivity contribution in [3.63, 3.8) is 0 Å². The predicted molar refractivity (Wildman–Crippen MR) is 139 cm³/mol. The number of aromatic nitrogens is 1. The average molecular weight is 508 g/mol. The number of nitrogens with two attached hydrogens (primary N) is 1. The summed E-state index contributed by atoms with van der Waals surface area (Å²) >= 11 is 0. The molecule has 0 aliphatic carbocycles. The molecule has 37 heavy (non-hydrogen) atoms. The molecule has 0 bridgehead atoms. The summed E-state index contributed by atoms with van der Waals surface area (Å²) in [7, 11) is 0. The Morgan fingerprint density at radius 3 is 2.24 bits per heavy atom. The number of amides is 3. The van der Waals surface area contributed by atoms with Gasteiger partial charge >= 0.3 is 5.97 Å². The highest BCUT2D eigenvalue weighted by atomic mass is 16.4. The summed E-state index contributed by atoms with van der Waals surface area (Å²) in [6, 6.07) is 13.6. The summed E-state index contributed by atoms with van der Waals surface area (Å²) in [5.74, 6) is -3.03. The minimum atomic E-state index is -1.19. The topological polar surface area (TPSA) is 166 Å². The number of aromatic amines is 1.